The molecule has 0 saturated heterocycles. The molecule has 0 aliphatic carbocycles. The lowest BCUT2D eigenvalue weighted by atomic mass is 10.3. The molecule has 0 spiro atoms. The second-order valence-electron chi connectivity index (χ2n) is 3.93. The number of pyridine rings is 1. The second-order valence-corrected chi connectivity index (χ2v) is 4.72. The van der Waals surface area contributed by atoms with Crippen LogP contribution in [0.4, 0.5) is 0 Å². The van der Waals surface area contributed by atoms with Crippen molar-refractivity contribution in [3.05, 3.63) is 59.3 Å². The van der Waals surface area contributed by atoms with E-state index < -0.39 is 0 Å². The summed E-state index contributed by atoms with van der Waals surface area (Å²) in [5.41, 5.74) is 1.48. The Kier molecular flexibility index (Phi) is 3.73. The molecule has 3 heterocycles. The minimum atomic E-state index is 0.341. The largest absolute Gasteiger partial charge is 0.470 e. The van der Waals surface area contributed by atoms with Gasteiger partial charge in [-0.3, -0.25) is 4.98 Å². The van der Waals surface area contributed by atoms with Crippen molar-refractivity contribution in [1.29, 1.82) is 0 Å². The summed E-state index contributed by atoms with van der Waals surface area (Å²) in [7, 11) is 0. The fourth-order valence-electron chi connectivity index (χ4n) is 1.67. The molecule has 0 aliphatic heterocycles. The minimum Gasteiger partial charge on any atom is -0.470 e. The van der Waals surface area contributed by atoms with Gasteiger partial charge in [-0.25, -0.2) is 9.97 Å². The van der Waals surface area contributed by atoms with Crippen LogP contribution in [0.3, 0.4) is 0 Å². The SMILES string of the molecule is Brc1c(OCc2ccccn2)ncnc1-c1ccco1. The predicted molar refractivity (Wildman–Crippen MR) is 76.0 cm³/mol. The summed E-state index contributed by atoms with van der Waals surface area (Å²) in [6.07, 6.45) is 4.76. The third-order valence-electron chi connectivity index (χ3n) is 2.59. The molecule has 0 bridgehead atoms. The van der Waals surface area contributed by atoms with E-state index in [2.05, 4.69) is 30.9 Å². The molecule has 0 atom stereocenters. The van der Waals surface area contributed by atoms with Crippen molar-refractivity contribution in [3.8, 4) is 17.3 Å². The van der Waals surface area contributed by atoms with Crippen molar-refractivity contribution >= 4 is 15.9 Å². The topological polar surface area (TPSA) is 61.0 Å². The van der Waals surface area contributed by atoms with E-state index in [-0.39, 0.29) is 0 Å². The van der Waals surface area contributed by atoms with Crippen molar-refractivity contribution in [2.75, 3.05) is 0 Å². The third kappa shape index (κ3) is 2.70. The predicted octanol–water partition coefficient (Wildman–Crippen LogP) is 3.47. The van der Waals surface area contributed by atoms with Crippen LogP contribution in [0.1, 0.15) is 5.69 Å². The Morgan fingerprint density at radius 2 is 2.05 bits per heavy atom. The van der Waals surface area contributed by atoms with Crippen LogP contribution < -0.4 is 4.74 Å². The van der Waals surface area contributed by atoms with Gasteiger partial charge >= 0.3 is 0 Å². The van der Waals surface area contributed by atoms with Gasteiger partial charge in [0.05, 0.1) is 12.0 Å². The molecule has 0 aromatic carbocycles. The van der Waals surface area contributed by atoms with Crippen LogP contribution >= 0.6 is 15.9 Å². The highest BCUT2D eigenvalue weighted by Gasteiger charge is 2.13. The lowest BCUT2D eigenvalue weighted by molar-refractivity contribution is 0.286. The van der Waals surface area contributed by atoms with Crippen LogP contribution in [0.5, 0.6) is 5.88 Å². The van der Waals surface area contributed by atoms with E-state index in [9.17, 15) is 0 Å². The molecule has 0 saturated carbocycles. The summed E-state index contributed by atoms with van der Waals surface area (Å²) in [6, 6.07) is 9.30. The van der Waals surface area contributed by atoms with E-state index >= 15 is 0 Å². The second kappa shape index (κ2) is 5.83. The van der Waals surface area contributed by atoms with E-state index in [1.807, 2.05) is 24.3 Å². The van der Waals surface area contributed by atoms with E-state index in [1.165, 1.54) is 6.33 Å². The molecular formula is C14H10BrN3O2. The Hall–Kier alpha value is -2.21. The molecule has 3 rings (SSSR count). The van der Waals surface area contributed by atoms with Crippen LogP contribution in [0.15, 0.2) is 58.0 Å². The Bertz CT molecular complexity index is 687. The number of furan rings is 1. The van der Waals surface area contributed by atoms with E-state index in [1.54, 1.807) is 18.5 Å². The standard InChI is InChI=1S/C14H10BrN3O2/c15-12-13(11-5-3-7-19-11)17-9-18-14(12)20-8-10-4-1-2-6-16-10/h1-7,9H,8H2. The van der Waals surface area contributed by atoms with Crippen LogP contribution in [0.25, 0.3) is 11.5 Å². The van der Waals surface area contributed by atoms with Crippen LogP contribution in [-0.4, -0.2) is 15.0 Å². The van der Waals surface area contributed by atoms with Gasteiger partial charge in [-0.05, 0) is 40.2 Å². The lowest BCUT2D eigenvalue weighted by Gasteiger charge is -2.08. The summed E-state index contributed by atoms with van der Waals surface area (Å²) >= 11 is 3.45. The number of hydrogen-bond donors (Lipinski definition) is 0. The first kappa shape index (κ1) is 12.8. The van der Waals surface area contributed by atoms with Gasteiger partial charge < -0.3 is 9.15 Å². The molecule has 6 heteroatoms. The number of nitrogens with zero attached hydrogens (tertiary/aromatic N) is 3. The van der Waals surface area contributed by atoms with Gasteiger partial charge in [0.15, 0.2) is 5.76 Å². The monoisotopic (exact) mass is 331 g/mol. The first-order chi connectivity index (χ1) is 9.84. The van der Waals surface area contributed by atoms with Gasteiger partial charge in [-0.15, -0.1) is 0 Å². The summed E-state index contributed by atoms with van der Waals surface area (Å²) in [5, 5.41) is 0. The molecule has 0 radical (unpaired) electrons. The maximum Gasteiger partial charge on any atom is 0.232 e. The van der Waals surface area contributed by atoms with Gasteiger partial charge in [0.25, 0.3) is 0 Å². The molecule has 0 fully saturated rings. The van der Waals surface area contributed by atoms with Crippen molar-refractivity contribution < 1.29 is 9.15 Å². The van der Waals surface area contributed by atoms with Gasteiger partial charge in [0, 0.05) is 6.20 Å². The number of aromatic nitrogens is 3. The summed E-state index contributed by atoms with van der Waals surface area (Å²) in [5.74, 6) is 1.11. The van der Waals surface area contributed by atoms with Gasteiger partial charge in [0.2, 0.25) is 5.88 Å². The zero-order valence-corrected chi connectivity index (χ0v) is 11.9. The number of ether oxygens (including phenoxy) is 1. The maximum absolute atomic E-state index is 5.66. The van der Waals surface area contributed by atoms with E-state index in [0.29, 0.717) is 28.4 Å². The highest BCUT2D eigenvalue weighted by molar-refractivity contribution is 9.10. The fourth-order valence-corrected chi connectivity index (χ4v) is 2.18. The van der Waals surface area contributed by atoms with Crippen LogP contribution in [0, 0.1) is 0 Å². The summed E-state index contributed by atoms with van der Waals surface area (Å²) in [6.45, 7) is 0.341. The third-order valence-corrected chi connectivity index (χ3v) is 3.31. The molecule has 5 nitrogen and oxygen atoms in total. The average molecular weight is 332 g/mol. The van der Waals surface area contributed by atoms with Crippen LogP contribution in [0.2, 0.25) is 0 Å². The van der Waals surface area contributed by atoms with Gasteiger partial charge in [-0.2, -0.15) is 0 Å². The molecule has 0 unspecified atom stereocenters. The molecule has 0 aliphatic rings. The first-order valence-corrected chi connectivity index (χ1v) is 6.71. The highest BCUT2D eigenvalue weighted by Crippen LogP contribution is 2.32. The Morgan fingerprint density at radius 3 is 2.80 bits per heavy atom. The average Bonchev–Trinajstić information content (AvgIpc) is 3.01. The zero-order chi connectivity index (χ0) is 13.8. The van der Waals surface area contributed by atoms with Gasteiger partial charge in [-0.1, -0.05) is 6.07 Å². The smallest absolute Gasteiger partial charge is 0.232 e. The first-order valence-electron chi connectivity index (χ1n) is 5.91. The highest BCUT2D eigenvalue weighted by atomic mass is 79.9. The number of rotatable bonds is 4. The van der Waals surface area contributed by atoms with Crippen LogP contribution in [-0.2, 0) is 6.61 Å². The Labute approximate surface area is 123 Å². The van der Waals surface area contributed by atoms with E-state index in [0.717, 1.165) is 5.69 Å². The normalized spacial score (nSPS) is 10.4. The molecule has 100 valence electrons. The van der Waals surface area contributed by atoms with Gasteiger partial charge in [0.1, 0.15) is 23.1 Å². The molecule has 3 aromatic rings. The molecule has 20 heavy (non-hydrogen) atoms. The van der Waals surface area contributed by atoms with Crippen molar-refractivity contribution in [2.45, 2.75) is 6.61 Å². The minimum absolute atomic E-state index is 0.341. The molecule has 0 amide bonds. The van der Waals surface area contributed by atoms with Crippen molar-refractivity contribution in [2.24, 2.45) is 0 Å². The zero-order valence-electron chi connectivity index (χ0n) is 10.4. The summed E-state index contributed by atoms with van der Waals surface area (Å²) in [4.78, 5) is 12.5. The maximum atomic E-state index is 5.66. The number of hydrogen-bond acceptors (Lipinski definition) is 5. The molecule has 3 aromatic heterocycles. The Morgan fingerprint density at radius 1 is 1.10 bits per heavy atom. The number of halogens is 1. The lowest BCUT2D eigenvalue weighted by Crippen LogP contribution is -2.01. The Balaban J connectivity index is 1.82. The summed E-state index contributed by atoms with van der Waals surface area (Å²) < 4.78 is 11.6. The van der Waals surface area contributed by atoms with Crippen molar-refractivity contribution in [1.82, 2.24) is 15.0 Å². The fraction of sp³-hybridized carbons (Fsp3) is 0.0714. The van der Waals surface area contributed by atoms with Crippen molar-refractivity contribution in [3.63, 3.8) is 0 Å². The van der Waals surface area contributed by atoms with E-state index in [4.69, 9.17) is 9.15 Å². The quantitative estimate of drug-likeness (QED) is 0.732. The molecule has 0 N–H and O–H groups in total. The molecular weight excluding hydrogens is 322 g/mol.